The molecular weight excluding hydrogens is 296 g/mol. The third-order valence-electron chi connectivity index (χ3n) is 2.74. The van der Waals surface area contributed by atoms with Crippen LogP contribution in [0.3, 0.4) is 0 Å². The highest BCUT2D eigenvalue weighted by Gasteiger charge is 2.11. The summed E-state index contributed by atoms with van der Waals surface area (Å²) in [4.78, 5) is 38.7. The van der Waals surface area contributed by atoms with Crippen molar-refractivity contribution in [1.82, 2.24) is 4.98 Å². The molecule has 0 aliphatic heterocycles. The largest absolute Gasteiger partial charge is 0.326 e. The van der Waals surface area contributed by atoms with E-state index in [0.717, 1.165) is 0 Å². The van der Waals surface area contributed by atoms with E-state index in [2.05, 4.69) is 20.9 Å². The Balaban J connectivity index is 2.29. The molecule has 0 saturated carbocycles. The predicted octanol–water partition coefficient (Wildman–Crippen LogP) is 2.25. The van der Waals surface area contributed by atoms with Crippen LogP contribution in [-0.4, -0.2) is 22.7 Å². The second-order valence-electron chi connectivity index (χ2n) is 4.83. The van der Waals surface area contributed by atoms with Crippen molar-refractivity contribution in [3.63, 3.8) is 0 Å². The number of nitrogens with one attached hydrogen (secondary N) is 3. The van der Waals surface area contributed by atoms with Crippen LogP contribution in [0.5, 0.6) is 0 Å². The molecule has 118 valence electrons. The highest BCUT2D eigenvalue weighted by molar-refractivity contribution is 6.06. The number of carbonyl (C=O) groups excluding carboxylic acids is 3. The molecule has 1 aromatic heterocycles. The van der Waals surface area contributed by atoms with Crippen LogP contribution in [-0.2, 0) is 9.59 Å². The van der Waals surface area contributed by atoms with E-state index in [0.29, 0.717) is 17.2 Å². The number of benzene rings is 1. The number of aromatic nitrogens is 1. The maximum atomic E-state index is 12.3. The zero-order valence-corrected chi connectivity index (χ0v) is 12.7. The Bertz CT molecular complexity index is 710. The third kappa shape index (κ3) is 4.92. The lowest BCUT2D eigenvalue weighted by Crippen LogP contribution is -2.15. The number of nitrogens with zero attached hydrogens (tertiary/aromatic N) is 1. The molecule has 0 radical (unpaired) electrons. The normalized spacial score (nSPS) is 9.83. The quantitative estimate of drug-likeness (QED) is 0.806. The predicted molar refractivity (Wildman–Crippen MR) is 87.2 cm³/mol. The minimum Gasteiger partial charge on any atom is -0.326 e. The van der Waals surface area contributed by atoms with Gasteiger partial charge in [0.25, 0.3) is 5.91 Å². The maximum Gasteiger partial charge on any atom is 0.256 e. The first-order chi connectivity index (χ1) is 10.9. The van der Waals surface area contributed by atoms with Crippen LogP contribution in [0.1, 0.15) is 24.2 Å². The van der Waals surface area contributed by atoms with E-state index in [9.17, 15) is 14.4 Å². The van der Waals surface area contributed by atoms with Crippen LogP contribution >= 0.6 is 0 Å². The van der Waals surface area contributed by atoms with Crippen LogP contribution in [0.15, 0.2) is 42.6 Å². The van der Waals surface area contributed by atoms with Crippen LogP contribution < -0.4 is 16.0 Å². The first-order valence-corrected chi connectivity index (χ1v) is 6.86. The molecular formula is C16H16N4O3. The summed E-state index contributed by atoms with van der Waals surface area (Å²) < 4.78 is 0. The number of anilines is 3. The minimum atomic E-state index is -0.400. The molecule has 0 aliphatic rings. The molecule has 0 bridgehead atoms. The fourth-order valence-electron chi connectivity index (χ4n) is 1.93. The highest BCUT2D eigenvalue weighted by Crippen LogP contribution is 2.20. The van der Waals surface area contributed by atoms with Gasteiger partial charge in [-0.05, 0) is 30.3 Å². The first kappa shape index (κ1) is 16.2. The molecule has 1 aromatic carbocycles. The van der Waals surface area contributed by atoms with Crippen molar-refractivity contribution in [1.29, 1.82) is 0 Å². The maximum absolute atomic E-state index is 12.3. The number of carbonyl (C=O) groups is 3. The SMILES string of the molecule is CC(=O)Nc1cc(NC(C)=O)cc(C(=O)Nc2ccccn2)c1. The summed E-state index contributed by atoms with van der Waals surface area (Å²) in [7, 11) is 0. The van der Waals surface area contributed by atoms with Gasteiger partial charge in [0, 0.05) is 37.0 Å². The average molecular weight is 312 g/mol. The standard InChI is InChI=1S/C16H16N4O3/c1-10(21)18-13-7-12(8-14(9-13)19-11(2)22)16(23)20-15-5-3-4-6-17-15/h3-9H,1-2H3,(H,18,21)(H,19,22)(H,17,20,23). The molecule has 23 heavy (non-hydrogen) atoms. The van der Waals surface area contributed by atoms with Crippen molar-refractivity contribution in [2.24, 2.45) is 0 Å². The van der Waals surface area contributed by atoms with Crippen molar-refractivity contribution >= 4 is 34.9 Å². The summed E-state index contributed by atoms with van der Waals surface area (Å²) in [6.07, 6.45) is 1.56. The summed E-state index contributed by atoms with van der Waals surface area (Å²) in [6, 6.07) is 9.75. The van der Waals surface area contributed by atoms with Crippen LogP contribution in [0, 0.1) is 0 Å². The topological polar surface area (TPSA) is 100 Å². The van der Waals surface area contributed by atoms with Gasteiger partial charge in [-0.3, -0.25) is 14.4 Å². The van der Waals surface area contributed by atoms with Crippen LogP contribution in [0.4, 0.5) is 17.2 Å². The molecule has 1 heterocycles. The number of rotatable bonds is 4. The van der Waals surface area contributed by atoms with Gasteiger partial charge < -0.3 is 16.0 Å². The second-order valence-corrected chi connectivity index (χ2v) is 4.83. The Labute approximate surface area is 133 Å². The molecule has 3 amide bonds. The van der Waals surface area contributed by atoms with Gasteiger partial charge in [0.15, 0.2) is 0 Å². The van der Waals surface area contributed by atoms with Crippen LogP contribution in [0.25, 0.3) is 0 Å². The van der Waals surface area contributed by atoms with Crippen molar-refractivity contribution in [2.75, 3.05) is 16.0 Å². The number of hydrogen-bond acceptors (Lipinski definition) is 4. The molecule has 3 N–H and O–H groups in total. The van der Waals surface area contributed by atoms with Gasteiger partial charge in [-0.15, -0.1) is 0 Å². The van der Waals surface area contributed by atoms with E-state index in [-0.39, 0.29) is 17.4 Å². The Kier molecular flexibility index (Phi) is 5.03. The van der Waals surface area contributed by atoms with Crippen molar-refractivity contribution in [3.05, 3.63) is 48.2 Å². The number of amides is 3. The van der Waals surface area contributed by atoms with Gasteiger partial charge >= 0.3 is 0 Å². The zero-order valence-electron chi connectivity index (χ0n) is 12.7. The molecule has 7 heteroatoms. The molecule has 2 aromatic rings. The van der Waals surface area contributed by atoms with Gasteiger partial charge in [0.1, 0.15) is 5.82 Å². The Morgan fingerprint density at radius 1 is 0.870 bits per heavy atom. The molecule has 2 rings (SSSR count). The van der Waals surface area contributed by atoms with E-state index in [1.165, 1.54) is 26.0 Å². The van der Waals surface area contributed by atoms with E-state index in [4.69, 9.17) is 0 Å². The molecule has 0 saturated heterocycles. The molecule has 0 unspecified atom stereocenters. The van der Waals surface area contributed by atoms with E-state index < -0.39 is 5.91 Å². The number of hydrogen-bond donors (Lipinski definition) is 3. The second kappa shape index (κ2) is 7.17. The number of pyridine rings is 1. The third-order valence-corrected chi connectivity index (χ3v) is 2.74. The summed E-state index contributed by atoms with van der Waals surface area (Å²) >= 11 is 0. The molecule has 7 nitrogen and oxygen atoms in total. The van der Waals surface area contributed by atoms with E-state index in [1.807, 2.05) is 0 Å². The van der Waals surface area contributed by atoms with Crippen molar-refractivity contribution < 1.29 is 14.4 Å². The Hall–Kier alpha value is -3.22. The zero-order chi connectivity index (χ0) is 16.8. The molecule has 0 aliphatic carbocycles. The van der Waals surface area contributed by atoms with Crippen LogP contribution in [0.2, 0.25) is 0 Å². The van der Waals surface area contributed by atoms with Gasteiger partial charge in [0.2, 0.25) is 11.8 Å². The average Bonchev–Trinajstić information content (AvgIpc) is 2.46. The molecule has 0 spiro atoms. The van der Waals surface area contributed by atoms with Crippen molar-refractivity contribution in [2.45, 2.75) is 13.8 Å². The van der Waals surface area contributed by atoms with Gasteiger partial charge in [0.05, 0.1) is 0 Å². The lowest BCUT2D eigenvalue weighted by Gasteiger charge is -2.10. The highest BCUT2D eigenvalue weighted by atomic mass is 16.2. The molecule has 0 fully saturated rings. The Morgan fingerprint density at radius 3 is 1.96 bits per heavy atom. The fourth-order valence-corrected chi connectivity index (χ4v) is 1.93. The smallest absolute Gasteiger partial charge is 0.256 e. The summed E-state index contributed by atoms with van der Waals surface area (Å²) in [5.74, 6) is -0.548. The fraction of sp³-hybridized carbons (Fsp3) is 0.125. The van der Waals surface area contributed by atoms with Crippen molar-refractivity contribution in [3.8, 4) is 0 Å². The first-order valence-electron chi connectivity index (χ1n) is 6.86. The lowest BCUT2D eigenvalue weighted by molar-refractivity contribution is -0.115. The van der Waals surface area contributed by atoms with E-state index >= 15 is 0 Å². The summed E-state index contributed by atoms with van der Waals surface area (Å²) in [5.41, 5.74) is 1.11. The van der Waals surface area contributed by atoms with Gasteiger partial charge in [-0.1, -0.05) is 6.07 Å². The molecule has 0 atom stereocenters. The summed E-state index contributed by atoms with van der Waals surface area (Å²) in [5, 5.41) is 7.83. The minimum absolute atomic E-state index is 0.277. The monoisotopic (exact) mass is 312 g/mol. The van der Waals surface area contributed by atoms with Gasteiger partial charge in [-0.25, -0.2) is 4.98 Å². The van der Waals surface area contributed by atoms with Gasteiger partial charge in [-0.2, -0.15) is 0 Å². The lowest BCUT2D eigenvalue weighted by atomic mass is 10.1. The Morgan fingerprint density at radius 2 is 1.48 bits per heavy atom. The summed E-state index contributed by atoms with van der Waals surface area (Å²) in [6.45, 7) is 2.72. The van der Waals surface area contributed by atoms with E-state index in [1.54, 1.807) is 30.5 Å².